The van der Waals surface area contributed by atoms with Gasteiger partial charge in [-0.25, -0.2) is 0 Å². The van der Waals surface area contributed by atoms with E-state index in [9.17, 15) is 14.7 Å². The predicted octanol–water partition coefficient (Wildman–Crippen LogP) is 3.27. The topological polar surface area (TPSA) is 90.5 Å². The molecule has 0 unspecified atom stereocenters. The Morgan fingerprint density at radius 2 is 1.85 bits per heavy atom. The second-order valence-corrected chi connectivity index (χ2v) is 6.93. The van der Waals surface area contributed by atoms with Crippen molar-refractivity contribution in [3.8, 4) is 0 Å². The van der Waals surface area contributed by atoms with Gasteiger partial charge in [0.15, 0.2) is 0 Å². The highest BCUT2D eigenvalue weighted by atomic mass is 35.5. The minimum Gasteiger partial charge on any atom is -0.392 e. The maximum Gasteiger partial charge on any atom is 0.253 e. The first-order valence-electron chi connectivity index (χ1n) is 8.71. The third kappa shape index (κ3) is 6.27. The van der Waals surface area contributed by atoms with Gasteiger partial charge >= 0.3 is 0 Å². The highest BCUT2D eigenvalue weighted by molar-refractivity contribution is 6.33. The number of para-hydroxylation sites is 1. The molecule has 4 N–H and O–H groups in total. The molecule has 144 valence electrons. The maximum atomic E-state index is 12.3. The molecule has 0 aliphatic heterocycles. The number of hydrogen-bond donors (Lipinski definition) is 4. The number of anilines is 2. The molecule has 0 heterocycles. The standard InChI is InChI=1S/C20H24ClN3O3/c1-13(2)10-23-20(27)15-5-3-4-6-17(15)24-19(26)11-22-18-9-14(12-25)7-8-16(18)21/h3-9,13,22,25H,10-12H2,1-2H3,(H,23,27)(H,24,26). The van der Waals surface area contributed by atoms with Gasteiger partial charge in [0, 0.05) is 6.54 Å². The molecule has 0 spiro atoms. The normalized spacial score (nSPS) is 10.6. The van der Waals surface area contributed by atoms with Gasteiger partial charge in [-0.2, -0.15) is 0 Å². The Balaban J connectivity index is 2.01. The van der Waals surface area contributed by atoms with Crippen LogP contribution in [0.1, 0.15) is 29.8 Å². The van der Waals surface area contributed by atoms with Crippen molar-refractivity contribution in [1.82, 2.24) is 5.32 Å². The summed E-state index contributed by atoms with van der Waals surface area (Å²) in [5.41, 5.74) is 2.10. The molecule has 0 aliphatic rings. The van der Waals surface area contributed by atoms with E-state index in [2.05, 4.69) is 16.0 Å². The molecule has 0 aliphatic carbocycles. The van der Waals surface area contributed by atoms with Gasteiger partial charge in [0.05, 0.1) is 35.1 Å². The second-order valence-electron chi connectivity index (χ2n) is 6.52. The summed E-state index contributed by atoms with van der Waals surface area (Å²) in [7, 11) is 0. The Labute approximate surface area is 163 Å². The SMILES string of the molecule is CC(C)CNC(=O)c1ccccc1NC(=O)CNc1cc(CO)ccc1Cl. The third-order valence-electron chi connectivity index (χ3n) is 3.77. The zero-order valence-electron chi connectivity index (χ0n) is 15.4. The van der Waals surface area contributed by atoms with Crippen LogP contribution in [-0.4, -0.2) is 30.0 Å². The molecule has 2 rings (SSSR count). The van der Waals surface area contributed by atoms with E-state index >= 15 is 0 Å². The van der Waals surface area contributed by atoms with Gasteiger partial charge in [0.2, 0.25) is 5.91 Å². The maximum absolute atomic E-state index is 12.3. The van der Waals surface area contributed by atoms with Gasteiger partial charge in [0.1, 0.15) is 0 Å². The van der Waals surface area contributed by atoms with Crippen LogP contribution in [0.25, 0.3) is 0 Å². The van der Waals surface area contributed by atoms with E-state index < -0.39 is 0 Å². The number of benzene rings is 2. The Hall–Kier alpha value is -2.57. The lowest BCUT2D eigenvalue weighted by molar-refractivity contribution is -0.114. The first-order valence-corrected chi connectivity index (χ1v) is 9.08. The number of halogens is 1. The lowest BCUT2D eigenvalue weighted by Crippen LogP contribution is -2.29. The van der Waals surface area contributed by atoms with Crippen molar-refractivity contribution in [3.63, 3.8) is 0 Å². The largest absolute Gasteiger partial charge is 0.392 e. The van der Waals surface area contributed by atoms with E-state index in [4.69, 9.17) is 11.6 Å². The van der Waals surface area contributed by atoms with E-state index in [0.717, 1.165) is 0 Å². The van der Waals surface area contributed by atoms with Crippen molar-refractivity contribution >= 4 is 34.8 Å². The van der Waals surface area contributed by atoms with Gasteiger partial charge in [-0.15, -0.1) is 0 Å². The van der Waals surface area contributed by atoms with E-state index in [-0.39, 0.29) is 25.0 Å². The van der Waals surface area contributed by atoms with Crippen molar-refractivity contribution in [3.05, 3.63) is 58.6 Å². The molecule has 0 saturated heterocycles. The van der Waals surface area contributed by atoms with Gasteiger partial charge < -0.3 is 21.1 Å². The molecule has 0 saturated carbocycles. The quantitative estimate of drug-likeness (QED) is 0.557. The smallest absolute Gasteiger partial charge is 0.253 e. The average Bonchev–Trinajstić information content (AvgIpc) is 2.66. The van der Waals surface area contributed by atoms with Crippen molar-refractivity contribution in [2.45, 2.75) is 20.5 Å². The van der Waals surface area contributed by atoms with Crippen molar-refractivity contribution in [2.75, 3.05) is 23.7 Å². The van der Waals surface area contributed by atoms with E-state index in [0.29, 0.717) is 40.0 Å². The zero-order valence-corrected chi connectivity index (χ0v) is 16.1. The lowest BCUT2D eigenvalue weighted by Gasteiger charge is -2.13. The fourth-order valence-electron chi connectivity index (χ4n) is 2.36. The summed E-state index contributed by atoms with van der Waals surface area (Å²) in [4.78, 5) is 24.6. The summed E-state index contributed by atoms with van der Waals surface area (Å²) in [5.74, 6) is -0.213. The van der Waals surface area contributed by atoms with Crippen molar-refractivity contribution in [2.24, 2.45) is 5.92 Å². The Bertz CT molecular complexity index is 809. The van der Waals surface area contributed by atoms with Crippen molar-refractivity contribution in [1.29, 1.82) is 0 Å². The molecule has 27 heavy (non-hydrogen) atoms. The number of aliphatic hydroxyl groups is 1. The van der Waals surface area contributed by atoms with Crippen LogP contribution in [-0.2, 0) is 11.4 Å². The van der Waals surface area contributed by atoms with Gasteiger partial charge in [-0.1, -0.05) is 43.6 Å². The average molecular weight is 390 g/mol. The Morgan fingerprint density at radius 3 is 2.56 bits per heavy atom. The molecule has 2 aromatic carbocycles. The second kappa shape index (κ2) is 9.94. The molecule has 0 fully saturated rings. The summed E-state index contributed by atoms with van der Waals surface area (Å²) in [5, 5.41) is 18.2. The monoisotopic (exact) mass is 389 g/mol. The number of amides is 2. The van der Waals surface area contributed by atoms with Crippen LogP contribution >= 0.6 is 11.6 Å². The van der Waals surface area contributed by atoms with Gasteiger partial charge in [0.25, 0.3) is 5.91 Å². The third-order valence-corrected chi connectivity index (χ3v) is 4.10. The molecule has 0 radical (unpaired) electrons. The molecule has 0 bridgehead atoms. The highest BCUT2D eigenvalue weighted by Crippen LogP contribution is 2.23. The lowest BCUT2D eigenvalue weighted by atomic mass is 10.1. The summed E-state index contributed by atoms with van der Waals surface area (Å²) in [6, 6.07) is 11.9. The van der Waals surface area contributed by atoms with Crippen LogP contribution in [0.3, 0.4) is 0 Å². The van der Waals surface area contributed by atoms with Gasteiger partial charge in [-0.3, -0.25) is 9.59 Å². The fourth-order valence-corrected chi connectivity index (χ4v) is 2.54. The molecule has 7 heteroatoms. The molecular weight excluding hydrogens is 366 g/mol. The zero-order chi connectivity index (χ0) is 19.8. The number of aliphatic hydroxyl groups excluding tert-OH is 1. The number of nitrogens with one attached hydrogen (secondary N) is 3. The Kier molecular flexibility index (Phi) is 7.64. The minimum absolute atomic E-state index is 0.0312. The number of carbonyl (C=O) groups is 2. The van der Waals surface area contributed by atoms with E-state index in [1.165, 1.54) is 0 Å². The molecular formula is C20H24ClN3O3. The van der Waals surface area contributed by atoms with E-state index in [1.54, 1.807) is 42.5 Å². The molecule has 0 aromatic heterocycles. The summed E-state index contributed by atoms with van der Waals surface area (Å²) < 4.78 is 0. The molecule has 0 atom stereocenters. The van der Waals surface area contributed by atoms with Crippen LogP contribution < -0.4 is 16.0 Å². The molecule has 2 aromatic rings. The van der Waals surface area contributed by atoms with Gasteiger partial charge in [-0.05, 0) is 35.7 Å². The fraction of sp³-hybridized carbons (Fsp3) is 0.300. The first kappa shape index (κ1) is 20.7. The summed E-state index contributed by atoms with van der Waals surface area (Å²) >= 11 is 6.10. The van der Waals surface area contributed by atoms with Crippen LogP contribution in [0.15, 0.2) is 42.5 Å². The molecule has 2 amide bonds. The number of rotatable bonds is 8. The number of hydrogen-bond acceptors (Lipinski definition) is 4. The van der Waals surface area contributed by atoms with Crippen LogP contribution in [0.2, 0.25) is 5.02 Å². The van der Waals surface area contributed by atoms with Crippen LogP contribution in [0, 0.1) is 5.92 Å². The summed E-state index contributed by atoms with van der Waals surface area (Å²) in [6.45, 7) is 4.43. The van der Waals surface area contributed by atoms with E-state index in [1.807, 2.05) is 13.8 Å². The Morgan fingerprint density at radius 1 is 1.11 bits per heavy atom. The van der Waals surface area contributed by atoms with Crippen molar-refractivity contribution < 1.29 is 14.7 Å². The number of carbonyl (C=O) groups excluding carboxylic acids is 2. The minimum atomic E-state index is -0.315. The molecule has 6 nitrogen and oxygen atoms in total. The summed E-state index contributed by atoms with van der Waals surface area (Å²) in [6.07, 6.45) is 0. The first-order chi connectivity index (χ1) is 12.9. The van der Waals surface area contributed by atoms with Crippen LogP contribution in [0.5, 0.6) is 0 Å². The highest BCUT2D eigenvalue weighted by Gasteiger charge is 2.13. The predicted molar refractivity (Wildman–Crippen MR) is 108 cm³/mol. The van der Waals surface area contributed by atoms with Crippen LogP contribution in [0.4, 0.5) is 11.4 Å².